The van der Waals surface area contributed by atoms with Gasteiger partial charge in [-0.3, -0.25) is 4.90 Å². The van der Waals surface area contributed by atoms with Crippen molar-refractivity contribution >= 4 is 10.0 Å². The second kappa shape index (κ2) is 6.44. The van der Waals surface area contributed by atoms with E-state index < -0.39 is 10.0 Å². The van der Waals surface area contributed by atoms with E-state index in [0.717, 1.165) is 18.2 Å². The summed E-state index contributed by atoms with van der Waals surface area (Å²) in [4.78, 5) is 2.57. The van der Waals surface area contributed by atoms with Crippen molar-refractivity contribution in [3.05, 3.63) is 29.8 Å². The Bertz CT molecular complexity index is 567. The van der Waals surface area contributed by atoms with Crippen molar-refractivity contribution in [2.75, 3.05) is 13.6 Å². The second-order valence-electron chi connectivity index (χ2n) is 5.99. The molecule has 6 heteroatoms. The minimum absolute atomic E-state index is 0.153. The maximum absolute atomic E-state index is 11.2. The molecule has 0 aromatic heterocycles. The van der Waals surface area contributed by atoms with Gasteiger partial charge in [-0.25, -0.2) is 13.6 Å². The highest BCUT2D eigenvalue weighted by atomic mass is 32.2. The lowest BCUT2D eigenvalue weighted by molar-refractivity contribution is 0.237. The van der Waals surface area contributed by atoms with Crippen LogP contribution in [0.1, 0.15) is 38.3 Å². The topological polar surface area (TPSA) is 75.4 Å². The molecule has 0 radical (unpaired) electrons. The Hall–Kier alpha value is -0.950. The number of hydrogen-bond donors (Lipinski definition) is 2. The van der Waals surface area contributed by atoms with Crippen LogP contribution in [0.2, 0.25) is 0 Å². The number of sulfonamides is 1. The zero-order chi connectivity index (χ0) is 15.6. The summed E-state index contributed by atoms with van der Waals surface area (Å²) in [7, 11) is -1.44. The van der Waals surface area contributed by atoms with E-state index in [1.54, 1.807) is 12.1 Å². The number of nitrogens with two attached hydrogens (primary N) is 1. The number of likely N-dealkylation sites (N-methyl/N-ethyl adjacent to an activating group) is 1. The van der Waals surface area contributed by atoms with E-state index in [1.165, 1.54) is 12.8 Å². The average molecular weight is 311 g/mol. The van der Waals surface area contributed by atoms with Gasteiger partial charge >= 0.3 is 0 Å². The van der Waals surface area contributed by atoms with E-state index in [2.05, 4.69) is 31.1 Å². The summed E-state index contributed by atoms with van der Waals surface area (Å²) in [6.45, 7) is 5.21. The fourth-order valence-corrected chi connectivity index (χ4v) is 2.91. The summed E-state index contributed by atoms with van der Waals surface area (Å²) >= 11 is 0. The van der Waals surface area contributed by atoms with Gasteiger partial charge in [0, 0.05) is 24.7 Å². The third-order valence-electron chi connectivity index (χ3n) is 4.25. The molecule has 1 aliphatic rings. The van der Waals surface area contributed by atoms with Gasteiger partial charge in [0.05, 0.1) is 4.90 Å². The Kier molecular flexibility index (Phi) is 5.03. The minimum Gasteiger partial charge on any atom is -0.309 e. The largest absolute Gasteiger partial charge is 0.309 e. The molecule has 0 saturated heterocycles. The lowest BCUT2D eigenvalue weighted by Gasteiger charge is -2.26. The molecule has 118 valence electrons. The van der Waals surface area contributed by atoms with Gasteiger partial charge in [0.15, 0.2) is 0 Å². The molecule has 5 nitrogen and oxygen atoms in total. The standard InChI is InChI=1S/C15H25N3O2S/c1-11(18(3)14-6-7-14)10-17-12(2)13-4-8-15(9-5-13)21(16,19)20/h4-5,8-9,11-12,14,17H,6-7,10H2,1-3H3,(H2,16,19,20). The average Bonchev–Trinajstić information content (AvgIpc) is 3.27. The smallest absolute Gasteiger partial charge is 0.238 e. The number of hydrogen-bond acceptors (Lipinski definition) is 4. The summed E-state index contributed by atoms with van der Waals surface area (Å²) < 4.78 is 22.5. The van der Waals surface area contributed by atoms with Crippen molar-refractivity contribution in [3.63, 3.8) is 0 Å². The van der Waals surface area contributed by atoms with Crippen LogP contribution in [0.15, 0.2) is 29.2 Å². The van der Waals surface area contributed by atoms with Crippen molar-refractivity contribution in [1.29, 1.82) is 0 Å². The highest BCUT2D eigenvalue weighted by Gasteiger charge is 2.29. The van der Waals surface area contributed by atoms with E-state index in [0.29, 0.717) is 6.04 Å². The third kappa shape index (κ3) is 4.51. The fraction of sp³-hybridized carbons (Fsp3) is 0.600. The molecule has 2 rings (SSSR count). The Morgan fingerprint density at radius 2 is 1.86 bits per heavy atom. The molecule has 21 heavy (non-hydrogen) atoms. The van der Waals surface area contributed by atoms with E-state index >= 15 is 0 Å². The molecule has 1 saturated carbocycles. The van der Waals surface area contributed by atoms with Gasteiger partial charge in [0.25, 0.3) is 0 Å². The van der Waals surface area contributed by atoms with Crippen molar-refractivity contribution in [1.82, 2.24) is 10.2 Å². The van der Waals surface area contributed by atoms with Crippen molar-refractivity contribution in [3.8, 4) is 0 Å². The summed E-state index contributed by atoms with van der Waals surface area (Å²) in [6, 6.07) is 8.16. The minimum atomic E-state index is -3.61. The Morgan fingerprint density at radius 3 is 2.33 bits per heavy atom. The Morgan fingerprint density at radius 1 is 1.29 bits per heavy atom. The highest BCUT2D eigenvalue weighted by molar-refractivity contribution is 7.89. The first-order valence-electron chi connectivity index (χ1n) is 7.37. The maximum Gasteiger partial charge on any atom is 0.238 e. The molecule has 0 spiro atoms. The molecule has 2 atom stereocenters. The monoisotopic (exact) mass is 311 g/mol. The third-order valence-corrected chi connectivity index (χ3v) is 5.18. The van der Waals surface area contributed by atoms with Crippen LogP contribution in [-0.4, -0.2) is 39.0 Å². The quantitative estimate of drug-likeness (QED) is 0.799. The van der Waals surface area contributed by atoms with Crippen LogP contribution in [0.4, 0.5) is 0 Å². The lowest BCUT2D eigenvalue weighted by atomic mass is 10.1. The Labute approximate surface area is 127 Å². The van der Waals surface area contributed by atoms with Gasteiger partial charge in [-0.15, -0.1) is 0 Å². The molecule has 1 fully saturated rings. The Balaban J connectivity index is 1.89. The van der Waals surface area contributed by atoms with Crippen molar-refractivity contribution < 1.29 is 8.42 Å². The number of nitrogens with zero attached hydrogens (tertiary/aromatic N) is 1. The summed E-state index contributed by atoms with van der Waals surface area (Å²) in [5.41, 5.74) is 1.06. The van der Waals surface area contributed by atoms with Crippen LogP contribution >= 0.6 is 0 Å². The van der Waals surface area contributed by atoms with Gasteiger partial charge in [0.1, 0.15) is 0 Å². The van der Waals surface area contributed by atoms with Crippen LogP contribution in [0, 0.1) is 0 Å². The van der Waals surface area contributed by atoms with E-state index in [1.807, 2.05) is 12.1 Å². The van der Waals surface area contributed by atoms with Gasteiger partial charge in [-0.05, 0) is 51.4 Å². The number of benzene rings is 1. The van der Waals surface area contributed by atoms with Crippen molar-refractivity contribution in [2.24, 2.45) is 5.14 Å². The molecular weight excluding hydrogens is 286 g/mol. The molecule has 0 heterocycles. The number of primary sulfonamides is 1. The molecular formula is C15H25N3O2S. The van der Waals surface area contributed by atoms with Crippen LogP contribution < -0.4 is 10.5 Å². The SMILES string of the molecule is CC(NCC(C)N(C)C1CC1)c1ccc(S(N)(=O)=O)cc1. The molecule has 2 unspecified atom stereocenters. The molecule has 3 N–H and O–H groups in total. The molecule has 1 aromatic rings. The van der Waals surface area contributed by atoms with Crippen LogP contribution in [0.25, 0.3) is 0 Å². The molecule has 1 aromatic carbocycles. The fourth-order valence-electron chi connectivity index (χ4n) is 2.40. The van der Waals surface area contributed by atoms with Crippen LogP contribution in [0.3, 0.4) is 0 Å². The van der Waals surface area contributed by atoms with Gasteiger partial charge in [0.2, 0.25) is 10.0 Å². The first-order valence-corrected chi connectivity index (χ1v) is 8.91. The molecule has 0 amide bonds. The first-order chi connectivity index (χ1) is 9.79. The molecule has 1 aliphatic carbocycles. The number of rotatable bonds is 7. The maximum atomic E-state index is 11.2. The first kappa shape index (κ1) is 16.4. The zero-order valence-corrected chi connectivity index (χ0v) is 13.7. The van der Waals surface area contributed by atoms with E-state index in [-0.39, 0.29) is 10.9 Å². The summed E-state index contributed by atoms with van der Waals surface area (Å²) in [6.07, 6.45) is 2.62. The summed E-state index contributed by atoms with van der Waals surface area (Å²) in [5, 5.41) is 8.60. The lowest BCUT2D eigenvalue weighted by Crippen LogP contribution is -2.39. The highest BCUT2D eigenvalue weighted by Crippen LogP contribution is 2.26. The molecule has 0 aliphatic heterocycles. The van der Waals surface area contributed by atoms with Crippen LogP contribution in [0.5, 0.6) is 0 Å². The van der Waals surface area contributed by atoms with Crippen LogP contribution in [-0.2, 0) is 10.0 Å². The number of nitrogens with one attached hydrogen (secondary N) is 1. The summed E-state index contributed by atoms with van der Waals surface area (Å²) in [5.74, 6) is 0. The normalized spacial score (nSPS) is 18.7. The predicted molar refractivity (Wildman–Crippen MR) is 84.5 cm³/mol. The van der Waals surface area contributed by atoms with Crippen molar-refractivity contribution in [2.45, 2.75) is 49.7 Å². The van der Waals surface area contributed by atoms with E-state index in [9.17, 15) is 8.42 Å². The van der Waals surface area contributed by atoms with Gasteiger partial charge in [-0.2, -0.15) is 0 Å². The molecule has 0 bridgehead atoms. The van der Waals surface area contributed by atoms with Gasteiger partial charge in [-0.1, -0.05) is 12.1 Å². The second-order valence-corrected chi connectivity index (χ2v) is 7.55. The van der Waals surface area contributed by atoms with E-state index in [4.69, 9.17) is 5.14 Å². The zero-order valence-electron chi connectivity index (χ0n) is 12.9. The van der Waals surface area contributed by atoms with Gasteiger partial charge < -0.3 is 5.32 Å². The predicted octanol–water partition coefficient (Wildman–Crippen LogP) is 1.47.